The first kappa shape index (κ1) is 20.8. The van der Waals surface area contributed by atoms with Crippen LogP contribution in [-0.2, 0) is 4.79 Å². The van der Waals surface area contributed by atoms with Crippen molar-refractivity contribution < 1.29 is 4.79 Å². The van der Waals surface area contributed by atoms with Crippen molar-refractivity contribution in [1.82, 2.24) is 9.80 Å². The van der Waals surface area contributed by atoms with Crippen molar-refractivity contribution >= 4 is 5.91 Å². The highest BCUT2D eigenvalue weighted by Gasteiger charge is 2.39. The largest absolute Gasteiger partial charge is 0.341 e. The van der Waals surface area contributed by atoms with Crippen LogP contribution in [-0.4, -0.2) is 48.4 Å². The third kappa shape index (κ3) is 4.72. The van der Waals surface area contributed by atoms with Crippen molar-refractivity contribution in [2.24, 2.45) is 11.8 Å². The Morgan fingerprint density at radius 3 is 2.03 bits per heavy atom. The zero-order chi connectivity index (χ0) is 21.0. The van der Waals surface area contributed by atoms with Gasteiger partial charge in [-0.1, -0.05) is 73.5 Å². The number of likely N-dealkylation sites (tertiary alicyclic amines) is 2. The lowest BCUT2D eigenvalue weighted by Gasteiger charge is -2.35. The van der Waals surface area contributed by atoms with Gasteiger partial charge in [0.15, 0.2) is 0 Å². The average molecular weight is 417 g/mol. The van der Waals surface area contributed by atoms with Gasteiger partial charge in [-0.25, -0.2) is 0 Å². The Kier molecular flexibility index (Phi) is 6.40. The Hall–Kier alpha value is -2.13. The molecule has 1 amide bonds. The Morgan fingerprint density at radius 1 is 0.774 bits per heavy atom. The van der Waals surface area contributed by atoms with Crippen LogP contribution in [0, 0.1) is 11.8 Å². The number of carbonyl (C=O) groups excluding carboxylic acids is 1. The minimum atomic E-state index is 0.289. The van der Waals surface area contributed by atoms with Gasteiger partial charge in [-0.15, -0.1) is 0 Å². The SMILES string of the molecule is O=C(C1CCCC1)N1CC(CN2CCC(c3ccccc3)CC2)C(c2ccccc2)C1. The fourth-order valence-electron chi connectivity index (χ4n) is 6.25. The second kappa shape index (κ2) is 9.56. The fourth-order valence-corrected chi connectivity index (χ4v) is 6.25. The predicted octanol–water partition coefficient (Wildman–Crippen LogP) is 5.30. The van der Waals surface area contributed by atoms with E-state index in [4.69, 9.17) is 0 Å². The molecule has 0 spiro atoms. The summed E-state index contributed by atoms with van der Waals surface area (Å²) in [6, 6.07) is 22.0. The second-order valence-electron chi connectivity index (χ2n) is 9.99. The smallest absolute Gasteiger partial charge is 0.225 e. The number of rotatable bonds is 5. The molecule has 2 saturated heterocycles. The summed E-state index contributed by atoms with van der Waals surface area (Å²) in [6.07, 6.45) is 7.15. The third-order valence-corrected chi connectivity index (χ3v) is 8.04. The summed E-state index contributed by atoms with van der Waals surface area (Å²) in [5.74, 6) is 2.44. The van der Waals surface area contributed by atoms with Crippen molar-refractivity contribution in [3.8, 4) is 0 Å². The van der Waals surface area contributed by atoms with E-state index in [1.165, 1.54) is 49.9 Å². The van der Waals surface area contributed by atoms with E-state index in [0.29, 0.717) is 23.7 Å². The molecule has 1 aliphatic carbocycles. The summed E-state index contributed by atoms with van der Waals surface area (Å²) in [4.78, 5) is 18.1. The molecule has 3 nitrogen and oxygen atoms in total. The topological polar surface area (TPSA) is 23.6 Å². The molecule has 2 aromatic rings. The summed E-state index contributed by atoms with van der Waals surface area (Å²) in [7, 11) is 0. The molecule has 2 heterocycles. The Bertz CT molecular complexity index is 838. The highest BCUT2D eigenvalue weighted by molar-refractivity contribution is 5.79. The van der Waals surface area contributed by atoms with E-state index < -0.39 is 0 Å². The fraction of sp³-hybridized carbons (Fsp3) is 0.536. The van der Waals surface area contributed by atoms with E-state index in [1.807, 2.05) is 0 Å². The normalized spacial score (nSPS) is 25.9. The Morgan fingerprint density at radius 2 is 1.39 bits per heavy atom. The molecule has 0 radical (unpaired) electrons. The van der Waals surface area contributed by atoms with E-state index in [1.54, 1.807) is 0 Å². The average Bonchev–Trinajstić information content (AvgIpc) is 3.51. The molecule has 31 heavy (non-hydrogen) atoms. The van der Waals surface area contributed by atoms with Gasteiger partial charge in [0.1, 0.15) is 0 Å². The minimum Gasteiger partial charge on any atom is -0.341 e. The Balaban J connectivity index is 1.24. The van der Waals surface area contributed by atoms with Gasteiger partial charge >= 0.3 is 0 Å². The van der Waals surface area contributed by atoms with Crippen LogP contribution in [0.4, 0.5) is 0 Å². The van der Waals surface area contributed by atoms with Gasteiger partial charge in [-0.05, 0) is 61.7 Å². The molecule has 3 aliphatic rings. The Labute approximate surface area is 187 Å². The number of nitrogens with zero attached hydrogens (tertiary/aromatic N) is 2. The van der Waals surface area contributed by atoms with E-state index in [2.05, 4.69) is 70.5 Å². The van der Waals surface area contributed by atoms with Gasteiger partial charge in [0, 0.05) is 31.5 Å². The first-order chi connectivity index (χ1) is 15.3. The van der Waals surface area contributed by atoms with Crippen LogP contribution in [0.3, 0.4) is 0 Å². The van der Waals surface area contributed by atoms with E-state index in [0.717, 1.165) is 32.5 Å². The number of hydrogen-bond donors (Lipinski definition) is 0. The molecule has 2 unspecified atom stereocenters. The quantitative estimate of drug-likeness (QED) is 0.660. The zero-order valence-corrected chi connectivity index (χ0v) is 18.7. The maximum absolute atomic E-state index is 13.2. The van der Waals surface area contributed by atoms with Gasteiger partial charge in [0.25, 0.3) is 0 Å². The zero-order valence-electron chi connectivity index (χ0n) is 18.7. The maximum atomic E-state index is 13.2. The number of piperidine rings is 1. The van der Waals surface area contributed by atoms with Crippen molar-refractivity contribution in [2.75, 3.05) is 32.7 Å². The molecule has 3 fully saturated rings. The van der Waals surface area contributed by atoms with Crippen molar-refractivity contribution in [1.29, 1.82) is 0 Å². The second-order valence-corrected chi connectivity index (χ2v) is 9.99. The molecular formula is C28H36N2O. The van der Waals surface area contributed by atoms with Crippen LogP contribution >= 0.6 is 0 Å². The van der Waals surface area contributed by atoms with Gasteiger partial charge < -0.3 is 9.80 Å². The molecule has 1 saturated carbocycles. The van der Waals surface area contributed by atoms with Crippen LogP contribution in [0.15, 0.2) is 60.7 Å². The molecule has 2 aliphatic heterocycles. The molecule has 0 N–H and O–H groups in total. The summed E-state index contributed by atoms with van der Waals surface area (Å²) in [5.41, 5.74) is 2.91. The molecular weight excluding hydrogens is 380 g/mol. The molecule has 5 rings (SSSR count). The molecule has 0 bridgehead atoms. The van der Waals surface area contributed by atoms with Gasteiger partial charge in [-0.2, -0.15) is 0 Å². The lowest BCUT2D eigenvalue weighted by atomic mass is 9.86. The monoisotopic (exact) mass is 416 g/mol. The summed E-state index contributed by atoms with van der Waals surface area (Å²) in [6.45, 7) is 5.32. The highest BCUT2D eigenvalue weighted by Crippen LogP contribution is 2.37. The van der Waals surface area contributed by atoms with Crippen molar-refractivity contribution in [3.63, 3.8) is 0 Å². The predicted molar refractivity (Wildman–Crippen MR) is 126 cm³/mol. The van der Waals surface area contributed by atoms with Crippen LogP contribution in [0.1, 0.15) is 61.5 Å². The van der Waals surface area contributed by atoms with E-state index in [-0.39, 0.29) is 5.92 Å². The molecule has 2 aromatic carbocycles. The summed E-state index contributed by atoms with van der Waals surface area (Å²) in [5, 5.41) is 0. The van der Waals surface area contributed by atoms with Gasteiger partial charge in [0.2, 0.25) is 5.91 Å². The van der Waals surface area contributed by atoms with E-state index >= 15 is 0 Å². The van der Waals surface area contributed by atoms with Crippen LogP contribution in [0.25, 0.3) is 0 Å². The summed E-state index contributed by atoms with van der Waals surface area (Å²) >= 11 is 0. The van der Waals surface area contributed by atoms with Crippen molar-refractivity contribution in [2.45, 2.75) is 50.4 Å². The highest BCUT2D eigenvalue weighted by atomic mass is 16.2. The first-order valence-electron chi connectivity index (χ1n) is 12.4. The number of amides is 1. The molecule has 3 heteroatoms. The van der Waals surface area contributed by atoms with E-state index in [9.17, 15) is 4.79 Å². The standard InChI is InChI=1S/C28H36N2O/c31-28(25-13-7-8-14-25)30-20-26(27(21-30)24-11-5-2-6-12-24)19-29-17-15-23(16-18-29)22-9-3-1-4-10-22/h1-6,9-12,23,25-27H,7-8,13-21H2. The van der Waals surface area contributed by atoms with Gasteiger partial charge in [0.05, 0.1) is 0 Å². The van der Waals surface area contributed by atoms with Gasteiger partial charge in [-0.3, -0.25) is 4.79 Å². The van der Waals surface area contributed by atoms with Crippen LogP contribution in [0.5, 0.6) is 0 Å². The summed E-state index contributed by atoms with van der Waals surface area (Å²) < 4.78 is 0. The number of carbonyl (C=O) groups is 1. The molecule has 2 atom stereocenters. The maximum Gasteiger partial charge on any atom is 0.225 e. The number of benzene rings is 2. The van der Waals surface area contributed by atoms with Crippen LogP contribution in [0.2, 0.25) is 0 Å². The molecule has 0 aromatic heterocycles. The lowest BCUT2D eigenvalue weighted by Crippen LogP contribution is -2.39. The van der Waals surface area contributed by atoms with Crippen molar-refractivity contribution in [3.05, 3.63) is 71.8 Å². The molecule has 164 valence electrons. The lowest BCUT2D eigenvalue weighted by molar-refractivity contribution is -0.134. The first-order valence-corrected chi connectivity index (χ1v) is 12.4. The number of hydrogen-bond acceptors (Lipinski definition) is 2. The van der Waals surface area contributed by atoms with Crippen LogP contribution < -0.4 is 0 Å². The minimum absolute atomic E-state index is 0.289. The third-order valence-electron chi connectivity index (χ3n) is 8.04.